The molecule has 3 rings (SSSR count). The van der Waals surface area contributed by atoms with Crippen LogP contribution in [0.25, 0.3) is 0 Å². The number of aliphatic hydroxyl groups excluding tert-OH is 4. The molecule has 4 N–H and O–H groups in total. The van der Waals surface area contributed by atoms with Crippen LogP contribution in [0.4, 0.5) is 0 Å². The van der Waals surface area contributed by atoms with Crippen LogP contribution in [0.1, 0.15) is 34.4 Å². The van der Waals surface area contributed by atoms with Gasteiger partial charge in [-0.05, 0) is 41.5 Å². The summed E-state index contributed by atoms with van der Waals surface area (Å²) in [5.41, 5.74) is 4.71. The Hall–Kier alpha value is -1.37. The van der Waals surface area contributed by atoms with Crippen LogP contribution in [0, 0.1) is 0 Å². The molecule has 0 aromatic heterocycles. The van der Waals surface area contributed by atoms with Gasteiger partial charge in [-0.1, -0.05) is 55.5 Å². The summed E-state index contributed by atoms with van der Waals surface area (Å²) in [6.45, 7) is 1.91. The van der Waals surface area contributed by atoms with E-state index < -0.39 is 23.6 Å². The third-order valence-electron chi connectivity index (χ3n) is 5.31. The van der Waals surface area contributed by atoms with Gasteiger partial charge in [0.05, 0.1) is 29.3 Å². The largest absolute Gasteiger partial charge is 0.395 e. The predicted octanol–water partition coefficient (Wildman–Crippen LogP) is 2.27. The lowest BCUT2D eigenvalue weighted by Gasteiger charge is -2.39. The van der Waals surface area contributed by atoms with E-state index in [1.165, 1.54) is 28.5 Å². The van der Waals surface area contributed by atoms with E-state index in [1.807, 2.05) is 12.1 Å². The first-order chi connectivity index (χ1) is 13.0. The summed E-state index contributed by atoms with van der Waals surface area (Å²) < 4.78 is 0. The predicted molar refractivity (Wildman–Crippen MR) is 109 cm³/mol. The number of hydrogen-bond donors (Lipinski definition) is 4. The summed E-state index contributed by atoms with van der Waals surface area (Å²) in [4.78, 5) is 0. The Labute approximate surface area is 164 Å². The highest BCUT2D eigenvalue weighted by Gasteiger charge is 2.43. The van der Waals surface area contributed by atoms with Crippen molar-refractivity contribution in [2.24, 2.45) is 0 Å². The molecule has 5 heteroatoms. The minimum Gasteiger partial charge on any atom is -0.395 e. The van der Waals surface area contributed by atoms with E-state index in [4.69, 9.17) is 0 Å². The Morgan fingerprint density at radius 1 is 0.815 bits per heavy atom. The zero-order valence-electron chi connectivity index (χ0n) is 15.5. The molecule has 1 aliphatic rings. The Bertz CT molecular complexity index is 731. The quantitative estimate of drug-likeness (QED) is 0.610. The van der Waals surface area contributed by atoms with Gasteiger partial charge in [-0.3, -0.25) is 0 Å². The Kier molecular flexibility index (Phi) is 6.95. The maximum atomic E-state index is 10.4. The summed E-state index contributed by atoms with van der Waals surface area (Å²) in [6, 6.07) is 16.7. The first-order valence-electron chi connectivity index (χ1n) is 9.50. The van der Waals surface area contributed by atoms with Crippen LogP contribution in [0.2, 0.25) is 0 Å². The third kappa shape index (κ3) is 4.73. The molecule has 4 nitrogen and oxygen atoms in total. The van der Waals surface area contributed by atoms with Crippen LogP contribution < -0.4 is 0 Å². The minimum absolute atomic E-state index is 0.237. The molecule has 0 spiro atoms. The summed E-state index contributed by atoms with van der Waals surface area (Å²) in [6.07, 6.45) is -0.575. The molecule has 0 radical (unpaired) electrons. The van der Waals surface area contributed by atoms with Crippen molar-refractivity contribution in [1.82, 2.24) is 0 Å². The SMILES string of the molecule is CCc1ccc(CCc2cccc([C@@H]3S[C@H](CO)[C@@H](O)[C@H](O)[C@H]3O)c2)cc1. The molecule has 0 saturated carbocycles. The van der Waals surface area contributed by atoms with Gasteiger partial charge in [0.25, 0.3) is 0 Å². The van der Waals surface area contributed by atoms with E-state index in [-0.39, 0.29) is 11.9 Å². The fraction of sp³-hybridized carbons (Fsp3) is 0.455. The Balaban J connectivity index is 1.70. The van der Waals surface area contributed by atoms with Crippen molar-refractivity contribution in [2.45, 2.75) is 55.0 Å². The normalized spacial score (nSPS) is 28.3. The van der Waals surface area contributed by atoms with Gasteiger partial charge in [0.1, 0.15) is 6.10 Å². The van der Waals surface area contributed by atoms with Crippen molar-refractivity contribution in [3.05, 3.63) is 70.8 Å². The second-order valence-corrected chi connectivity index (χ2v) is 8.55. The molecule has 1 fully saturated rings. The van der Waals surface area contributed by atoms with Crippen LogP contribution in [-0.2, 0) is 19.3 Å². The van der Waals surface area contributed by atoms with E-state index in [0.29, 0.717) is 0 Å². The smallest absolute Gasteiger partial charge is 0.108 e. The minimum atomic E-state index is -1.26. The van der Waals surface area contributed by atoms with E-state index >= 15 is 0 Å². The standard InChI is InChI=1S/C22H28O4S/c1-2-14-6-8-15(9-7-14)10-11-16-4-3-5-17(12-16)22-21(26)20(25)19(24)18(13-23)27-22/h3-9,12,18-26H,2,10-11,13H2,1H3/t18-,19-,20+,21-,22+/m1/s1. The average Bonchev–Trinajstić information content (AvgIpc) is 2.71. The lowest BCUT2D eigenvalue weighted by molar-refractivity contribution is -0.0700. The number of aliphatic hydroxyl groups is 4. The molecule has 1 saturated heterocycles. The first kappa shape index (κ1) is 20.4. The van der Waals surface area contributed by atoms with E-state index in [0.717, 1.165) is 24.8 Å². The number of rotatable bonds is 6. The summed E-state index contributed by atoms with van der Waals surface area (Å²) in [7, 11) is 0. The molecule has 0 aliphatic carbocycles. The van der Waals surface area contributed by atoms with Crippen LogP contribution in [0.5, 0.6) is 0 Å². The lowest BCUT2D eigenvalue weighted by atomic mass is 9.95. The molecule has 146 valence electrons. The van der Waals surface area contributed by atoms with Crippen molar-refractivity contribution in [3.63, 3.8) is 0 Å². The van der Waals surface area contributed by atoms with E-state index in [1.54, 1.807) is 0 Å². The fourth-order valence-corrected chi connectivity index (χ4v) is 4.94. The number of aryl methyl sites for hydroxylation is 3. The van der Waals surface area contributed by atoms with E-state index in [2.05, 4.69) is 43.3 Å². The molecule has 1 aliphatic heterocycles. The highest BCUT2D eigenvalue weighted by Crippen LogP contribution is 2.43. The Morgan fingerprint density at radius 2 is 1.48 bits per heavy atom. The van der Waals surface area contributed by atoms with Crippen molar-refractivity contribution in [3.8, 4) is 0 Å². The molecular formula is C22H28O4S. The molecule has 5 atom stereocenters. The van der Waals surface area contributed by atoms with Crippen LogP contribution in [-0.4, -0.2) is 50.6 Å². The molecular weight excluding hydrogens is 360 g/mol. The van der Waals surface area contributed by atoms with Crippen molar-refractivity contribution in [1.29, 1.82) is 0 Å². The Morgan fingerprint density at radius 3 is 2.15 bits per heavy atom. The topological polar surface area (TPSA) is 80.9 Å². The molecule has 1 heterocycles. The number of thioether (sulfide) groups is 1. The highest BCUT2D eigenvalue weighted by atomic mass is 32.2. The van der Waals surface area contributed by atoms with E-state index in [9.17, 15) is 20.4 Å². The van der Waals surface area contributed by atoms with Gasteiger partial charge in [-0.25, -0.2) is 0 Å². The van der Waals surface area contributed by atoms with Gasteiger partial charge < -0.3 is 20.4 Å². The van der Waals surface area contributed by atoms with Crippen molar-refractivity contribution in [2.75, 3.05) is 6.61 Å². The zero-order chi connectivity index (χ0) is 19.4. The third-order valence-corrected chi connectivity index (χ3v) is 6.93. The highest BCUT2D eigenvalue weighted by molar-refractivity contribution is 8.00. The summed E-state index contributed by atoms with van der Waals surface area (Å²) >= 11 is 1.32. The summed E-state index contributed by atoms with van der Waals surface area (Å²) in [5, 5.41) is 39.1. The summed E-state index contributed by atoms with van der Waals surface area (Å²) in [5.74, 6) is 0. The lowest BCUT2D eigenvalue weighted by Crippen LogP contribution is -2.51. The van der Waals surface area contributed by atoms with Gasteiger partial charge in [0, 0.05) is 0 Å². The first-order valence-corrected chi connectivity index (χ1v) is 10.4. The molecule has 0 amide bonds. The van der Waals surface area contributed by atoms with Gasteiger partial charge in [-0.2, -0.15) is 0 Å². The second kappa shape index (κ2) is 9.22. The van der Waals surface area contributed by atoms with Gasteiger partial charge in [-0.15, -0.1) is 11.8 Å². The van der Waals surface area contributed by atoms with Crippen LogP contribution in [0.15, 0.2) is 48.5 Å². The fourth-order valence-electron chi connectivity index (χ4n) is 3.53. The number of benzene rings is 2. The second-order valence-electron chi connectivity index (χ2n) is 7.16. The van der Waals surface area contributed by atoms with Crippen molar-refractivity contribution < 1.29 is 20.4 Å². The molecule has 0 bridgehead atoms. The van der Waals surface area contributed by atoms with Gasteiger partial charge >= 0.3 is 0 Å². The number of hydrogen-bond acceptors (Lipinski definition) is 5. The zero-order valence-corrected chi connectivity index (χ0v) is 16.3. The molecule has 2 aromatic rings. The van der Waals surface area contributed by atoms with Crippen molar-refractivity contribution >= 4 is 11.8 Å². The van der Waals surface area contributed by atoms with Crippen LogP contribution >= 0.6 is 11.8 Å². The van der Waals surface area contributed by atoms with Gasteiger partial charge in [0.15, 0.2) is 0 Å². The maximum absolute atomic E-state index is 10.4. The maximum Gasteiger partial charge on any atom is 0.108 e. The average molecular weight is 389 g/mol. The van der Waals surface area contributed by atoms with Gasteiger partial charge in [0.2, 0.25) is 0 Å². The molecule has 0 unspecified atom stereocenters. The monoisotopic (exact) mass is 388 g/mol. The van der Waals surface area contributed by atoms with Crippen LogP contribution in [0.3, 0.4) is 0 Å². The molecule has 2 aromatic carbocycles. The molecule has 27 heavy (non-hydrogen) atoms.